The number of likely N-dealkylation sites (tertiary alicyclic amines) is 1. The Morgan fingerprint density at radius 2 is 1.79 bits per heavy atom. The molecule has 2 amide bonds. The maximum atomic E-state index is 12.9. The number of carbonyl (C=O) groups excluding carboxylic acids is 2. The minimum Gasteiger partial charge on any atom is -0.495 e. The van der Waals surface area contributed by atoms with E-state index in [0.29, 0.717) is 61.7 Å². The van der Waals surface area contributed by atoms with Crippen molar-refractivity contribution in [2.75, 3.05) is 38.7 Å². The van der Waals surface area contributed by atoms with Gasteiger partial charge in [-0.15, -0.1) is 0 Å². The molecular weight excluding hydrogens is 374 g/mol. The first-order valence-electron chi connectivity index (χ1n) is 9.57. The molecule has 8 nitrogen and oxygen atoms in total. The molecule has 1 spiro atoms. The molecular formula is C21H23N3O5. The smallest absolute Gasteiger partial charge is 0.257 e. The number of aromatic nitrogens is 1. The molecule has 2 aromatic rings. The molecule has 0 bridgehead atoms. The first-order valence-corrected chi connectivity index (χ1v) is 9.57. The van der Waals surface area contributed by atoms with E-state index in [1.165, 1.54) is 19.5 Å². The highest BCUT2D eigenvalue weighted by Crippen LogP contribution is 2.31. The van der Waals surface area contributed by atoms with Gasteiger partial charge in [-0.1, -0.05) is 12.1 Å². The second-order valence-electron chi connectivity index (χ2n) is 7.02. The lowest BCUT2D eigenvalue weighted by Gasteiger charge is -2.37. The highest BCUT2D eigenvalue weighted by molar-refractivity contribution is 6.06. The fourth-order valence-electron chi connectivity index (χ4n) is 3.64. The standard InChI is InChI=1S/C21H23N3O5/c1-27-18-5-3-2-4-17(18)23-19(25)15-12-16(14-22-13-15)20(26)24-8-6-21(7-9-24)28-10-11-29-21/h2-5,12-14H,6-11H2,1H3,(H,23,25). The van der Waals surface area contributed by atoms with Gasteiger partial charge in [0, 0.05) is 38.3 Å². The number of hydrogen-bond acceptors (Lipinski definition) is 6. The van der Waals surface area contributed by atoms with Gasteiger partial charge in [0.05, 0.1) is 37.1 Å². The van der Waals surface area contributed by atoms with Gasteiger partial charge in [-0.2, -0.15) is 0 Å². The molecule has 152 valence electrons. The number of amides is 2. The quantitative estimate of drug-likeness (QED) is 0.852. The summed E-state index contributed by atoms with van der Waals surface area (Å²) < 4.78 is 16.7. The number of ether oxygens (including phenoxy) is 3. The summed E-state index contributed by atoms with van der Waals surface area (Å²) >= 11 is 0. The van der Waals surface area contributed by atoms with Gasteiger partial charge in [0.1, 0.15) is 5.75 Å². The van der Waals surface area contributed by atoms with E-state index in [4.69, 9.17) is 14.2 Å². The third-order valence-electron chi connectivity index (χ3n) is 5.23. The average Bonchev–Trinajstić information content (AvgIpc) is 3.22. The number of nitrogens with one attached hydrogen (secondary N) is 1. The van der Waals surface area contributed by atoms with Crippen LogP contribution in [-0.2, 0) is 9.47 Å². The number of methoxy groups -OCH3 is 1. The monoisotopic (exact) mass is 397 g/mol. The second-order valence-corrected chi connectivity index (χ2v) is 7.02. The van der Waals surface area contributed by atoms with Crippen molar-refractivity contribution in [1.82, 2.24) is 9.88 Å². The molecule has 0 aliphatic carbocycles. The van der Waals surface area contributed by atoms with Gasteiger partial charge >= 0.3 is 0 Å². The average molecular weight is 397 g/mol. The van der Waals surface area contributed by atoms with Crippen LogP contribution in [0.1, 0.15) is 33.6 Å². The molecule has 2 saturated heterocycles. The molecule has 1 N–H and O–H groups in total. The van der Waals surface area contributed by atoms with Crippen molar-refractivity contribution in [2.45, 2.75) is 18.6 Å². The molecule has 2 fully saturated rings. The highest BCUT2D eigenvalue weighted by atomic mass is 16.7. The number of benzene rings is 1. The second kappa shape index (κ2) is 8.18. The number of hydrogen-bond donors (Lipinski definition) is 1. The normalized spacial score (nSPS) is 17.9. The van der Waals surface area contributed by atoms with Crippen LogP contribution in [-0.4, -0.2) is 60.9 Å². The van der Waals surface area contributed by atoms with Crippen molar-refractivity contribution in [1.29, 1.82) is 0 Å². The van der Waals surface area contributed by atoms with Crippen molar-refractivity contribution in [3.63, 3.8) is 0 Å². The van der Waals surface area contributed by atoms with Crippen LogP contribution < -0.4 is 10.1 Å². The maximum absolute atomic E-state index is 12.9. The largest absolute Gasteiger partial charge is 0.495 e. The summed E-state index contributed by atoms with van der Waals surface area (Å²) in [5.41, 5.74) is 1.23. The van der Waals surface area contributed by atoms with Crippen LogP contribution in [0.15, 0.2) is 42.7 Å². The Morgan fingerprint density at radius 1 is 1.10 bits per heavy atom. The van der Waals surface area contributed by atoms with Crippen molar-refractivity contribution in [3.8, 4) is 5.75 Å². The van der Waals surface area contributed by atoms with Gasteiger partial charge in [-0.3, -0.25) is 14.6 Å². The van der Waals surface area contributed by atoms with E-state index >= 15 is 0 Å². The summed E-state index contributed by atoms with van der Waals surface area (Å²) in [6.07, 6.45) is 4.20. The fourth-order valence-corrected chi connectivity index (χ4v) is 3.64. The Morgan fingerprint density at radius 3 is 2.52 bits per heavy atom. The van der Waals surface area contributed by atoms with E-state index in [9.17, 15) is 9.59 Å². The molecule has 29 heavy (non-hydrogen) atoms. The Bertz CT molecular complexity index is 901. The summed E-state index contributed by atoms with van der Waals surface area (Å²) in [6.45, 7) is 2.27. The van der Waals surface area contributed by atoms with Gasteiger partial charge < -0.3 is 24.4 Å². The minimum atomic E-state index is -0.536. The predicted octanol–water partition coefficient (Wildman–Crippen LogP) is 2.32. The Kier molecular flexibility index (Phi) is 5.46. The van der Waals surface area contributed by atoms with Gasteiger partial charge in [-0.05, 0) is 18.2 Å². The van der Waals surface area contributed by atoms with Crippen molar-refractivity contribution in [2.24, 2.45) is 0 Å². The van der Waals surface area contributed by atoms with Gasteiger partial charge in [0.2, 0.25) is 0 Å². The van der Waals surface area contributed by atoms with Gasteiger partial charge in [-0.25, -0.2) is 0 Å². The summed E-state index contributed by atoms with van der Waals surface area (Å²) in [7, 11) is 1.54. The van der Waals surface area contributed by atoms with Crippen molar-refractivity contribution >= 4 is 17.5 Å². The lowest BCUT2D eigenvalue weighted by molar-refractivity contribution is -0.181. The molecule has 1 aromatic carbocycles. The molecule has 8 heteroatoms. The first-order chi connectivity index (χ1) is 14.1. The van der Waals surface area contributed by atoms with Crippen LogP contribution in [0.25, 0.3) is 0 Å². The summed E-state index contributed by atoms with van der Waals surface area (Å²) in [5.74, 6) is -0.496. The lowest BCUT2D eigenvalue weighted by Crippen LogP contribution is -2.47. The Balaban J connectivity index is 1.44. The maximum Gasteiger partial charge on any atom is 0.257 e. The fraction of sp³-hybridized carbons (Fsp3) is 0.381. The van der Waals surface area contributed by atoms with Gasteiger partial charge in [0.25, 0.3) is 11.8 Å². The zero-order valence-electron chi connectivity index (χ0n) is 16.2. The minimum absolute atomic E-state index is 0.155. The summed E-state index contributed by atoms with van der Waals surface area (Å²) in [4.78, 5) is 31.4. The molecule has 0 atom stereocenters. The summed E-state index contributed by atoms with van der Waals surface area (Å²) in [5, 5.41) is 2.79. The Labute approximate surface area is 168 Å². The van der Waals surface area contributed by atoms with Crippen LogP contribution >= 0.6 is 0 Å². The number of nitrogens with zero attached hydrogens (tertiary/aromatic N) is 2. The predicted molar refractivity (Wildman–Crippen MR) is 105 cm³/mol. The van der Waals surface area contributed by atoms with Crippen molar-refractivity contribution in [3.05, 3.63) is 53.9 Å². The van der Waals surface area contributed by atoms with Crippen LogP contribution in [0, 0.1) is 0 Å². The van der Waals surface area contributed by atoms with Gasteiger partial charge in [0.15, 0.2) is 5.79 Å². The van der Waals surface area contributed by atoms with Crippen LogP contribution in [0.4, 0.5) is 5.69 Å². The topological polar surface area (TPSA) is 90.0 Å². The van der Waals surface area contributed by atoms with E-state index in [-0.39, 0.29) is 11.8 Å². The first kappa shape index (κ1) is 19.4. The zero-order chi connectivity index (χ0) is 20.3. The van der Waals surface area contributed by atoms with Crippen LogP contribution in [0.3, 0.4) is 0 Å². The van der Waals surface area contributed by atoms with E-state index in [1.807, 2.05) is 6.07 Å². The Hall–Kier alpha value is -2.97. The molecule has 4 rings (SSSR count). The number of piperidine rings is 1. The molecule has 0 saturated carbocycles. The molecule has 2 aliphatic heterocycles. The van der Waals surface area contributed by atoms with E-state index in [1.54, 1.807) is 29.2 Å². The lowest BCUT2D eigenvalue weighted by atomic mass is 10.0. The van der Waals surface area contributed by atoms with Crippen LogP contribution in [0.5, 0.6) is 5.75 Å². The number of carbonyl (C=O) groups is 2. The number of anilines is 1. The number of pyridine rings is 1. The number of rotatable bonds is 4. The molecule has 1 aromatic heterocycles. The van der Waals surface area contributed by atoms with Crippen LogP contribution in [0.2, 0.25) is 0 Å². The molecule has 0 radical (unpaired) electrons. The third-order valence-corrected chi connectivity index (χ3v) is 5.23. The van der Waals surface area contributed by atoms with Crippen molar-refractivity contribution < 1.29 is 23.8 Å². The zero-order valence-corrected chi connectivity index (χ0v) is 16.2. The molecule has 2 aliphatic rings. The molecule has 3 heterocycles. The van der Waals surface area contributed by atoms with E-state index in [0.717, 1.165) is 0 Å². The highest BCUT2D eigenvalue weighted by Gasteiger charge is 2.40. The van der Waals surface area contributed by atoms with E-state index in [2.05, 4.69) is 10.3 Å². The molecule has 0 unspecified atom stereocenters. The summed E-state index contributed by atoms with van der Waals surface area (Å²) in [6, 6.07) is 8.69. The third kappa shape index (κ3) is 4.08. The number of para-hydroxylation sites is 2. The van der Waals surface area contributed by atoms with E-state index < -0.39 is 5.79 Å². The SMILES string of the molecule is COc1ccccc1NC(=O)c1cncc(C(=O)N2CCC3(CC2)OCCO3)c1.